The van der Waals surface area contributed by atoms with Gasteiger partial charge in [-0.2, -0.15) is 0 Å². The Balaban J connectivity index is 1.77. The van der Waals surface area contributed by atoms with Crippen LogP contribution in [0.4, 0.5) is 0 Å². The highest BCUT2D eigenvalue weighted by Gasteiger charge is 2.18. The molecule has 0 atom stereocenters. The number of rotatable bonds is 3. The lowest BCUT2D eigenvalue weighted by Crippen LogP contribution is -2.30. The molecular formula is C17H16BrNO2. The highest BCUT2D eigenvalue weighted by Crippen LogP contribution is 2.22. The molecule has 0 radical (unpaired) electrons. The summed E-state index contributed by atoms with van der Waals surface area (Å²) < 4.78 is 1.09. The van der Waals surface area contributed by atoms with E-state index in [2.05, 4.69) is 33.0 Å². The van der Waals surface area contributed by atoms with E-state index in [-0.39, 0.29) is 0 Å². The first-order valence-corrected chi connectivity index (χ1v) is 7.73. The number of carboxylic acid groups (broad SMARTS) is 1. The van der Waals surface area contributed by atoms with Crippen molar-refractivity contribution in [3.8, 4) is 0 Å². The predicted molar refractivity (Wildman–Crippen MR) is 85.4 cm³/mol. The molecule has 0 saturated carbocycles. The fourth-order valence-corrected chi connectivity index (χ4v) is 3.22. The van der Waals surface area contributed by atoms with Gasteiger partial charge in [-0.3, -0.25) is 4.90 Å². The molecule has 2 aromatic rings. The van der Waals surface area contributed by atoms with Crippen molar-refractivity contribution in [3.05, 3.63) is 69.2 Å². The van der Waals surface area contributed by atoms with Gasteiger partial charge in [0.25, 0.3) is 0 Å². The molecule has 21 heavy (non-hydrogen) atoms. The average molecular weight is 346 g/mol. The van der Waals surface area contributed by atoms with Crippen LogP contribution in [0.5, 0.6) is 0 Å². The second-order valence-corrected chi connectivity index (χ2v) is 6.29. The lowest BCUT2D eigenvalue weighted by atomic mass is 9.97. The molecule has 1 heterocycles. The van der Waals surface area contributed by atoms with E-state index in [0.717, 1.165) is 36.1 Å². The van der Waals surface area contributed by atoms with Crippen LogP contribution in [0.2, 0.25) is 0 Å². The van der Waals surface area contributed by atoms with E-state index in [1.54, 1.807) is 6.07 Å². The second-order valence-electron chi connectivity index (χ2n) is 5.38. The van der Waals surface area contributed by atoms with Crippen LogP contribution >= 0.6 is 15.9 Å². The summed E-state index contributed by atoms with van der Waals surface area (Å²) in [6, 6.07) is 13.8. The van der Waals surface area contributed by atoms with Gasteiger partial charge >= 0.3 is 5.97 Å². The van der Waals surface area contributed by atoms with Crippen molar-refractivity contribution in [3.63, 3.8) is 0 Å². The molecule has 0 amide bonds. The summed E-state index contributed by atoms with van der Waals surface area (Å²) in [7, 11) is 0. The Labute approximate surface area is 132 Å². The second kappa shape index (κ2) is 6.00. The average Bonchev–Trinajstić information content (AvgIpc) is 2.46. The number of hydrogen-bond donors (Lipinski definition) is 1. The lowest BCUT2D eigenvalue weighted by Gasteiger charge is -2.29. The van der Waals surface area contributed by atoms with Gasteiger partial charge in [-0.05, 0) is 47.4 Å². The predicted octanol–water partition coefficient (Wildman–Crippen LogP) is 3.71. The van der Waals surface area contributed by atoms with Gasteiger partial charge in [0.2, 0.25) is 0 Å². The number of halogens is 1. The van der Waals surface area contributed by atoms with Gasteiger partial charge in [0.05, 0.1) is 5.56 Å². The summed E-state index contributed by atoms with van der Waals surface area (Å²) in [6.07, 6.45) is 0.975. The van der Waals surface area contributed by atoms with Crippen LogP contribution in [0.3, 0.4) is 0 Å². The molecule has 1 N–H and O–H groups in total. The van der Waals surface area contributed by atoms with Crippen molar-refractivity contribution in [2.24, 2.45) is 0 Å². The third-order valence-electron chi connectivity index (χ3n) is 3.84. The molecule has 0 aliphatic carbocycles. The van der Waals surface area contributed by atoms with Crippen molar-refractivity contribution < 1.29 is 9.90 Å². The Hall–Kier alpha value is -1.65. The van der Waals surface area contributed by atoms with E-state index >= 15 is 0 Å². The zero-order valence-corrected chi connectivity index (χ0v) is 13.1. The van der Waals surface area contributed by atoms with Crippen LogP contribution in [0.25, 0.3) is 0 Å². The molecule has 0 bridgehead atoms. The number of carbonyl (C=O) groups is 1. The summed E-state index contributed by atoms with van der Waals surface area (Å²) in [5.41, 5.74) is 4.04. The molecule has 0 spiro atoms. The monoisotopic (exact) mass is 345 g/mol. The van der Waals surface area contributed by atoms with Crippen LogP contribution < -0.4 is 0 Å². The summed E-state index contributed by atoms with van der Waals surface area (Å²) in [4.78, 5) is 13.4. The number of fused-ring (bicyclic) bond motifs is 1. The number of benzene rings is 2. The number of nitrogens with zero attached hydrogens (tertiary/aromatic N) is 1. The lowest BCUT2D eigenvalue weighted by molar-refractivity contribution is 0.0696. The molecule has 4 heteroatoms. The van der Waals surface area contributed by atoms with Crippen LogP contribution in [-0.4, -0.2) is 22.5 Å². The third kappa shape index (κ3) is 3.34. The zero-order valence-electron chi connectivity index (χ0n) is 11.6. The van der Waals surface area contributed by atoms with E-state index in [1.807, 2.05) is 24.3 Å². The van der Waals surface area contributed by atoms with E-state index in [1.165, 1.54) is 11.1 Å². The minimum absolute atomic E-state index is 0.373. The minimum atomic E-state index is -0.859. The van der Waals surface area contributed by atoms with Crippen LogP contribution in [-0.2, 0) is 19.5 Å². The van der Waals surface area contributed by atoms with Gasteiger partial charge in [-0.1, -0.05) is 34.1 Å². The standard InChI is InChI=1S/C17H16BrNO2/c18-16-3-1-2-12(8-16)10-19-7-6-13-4-5-14(17(20)21)9-15(13)11-19/h1-5,8-9H,6-7,10-11H2,(H,20,21). The molecule has 0 fully saturated rings. The Morgan fingerprint density at radius 2 is 2.05 bits per heavy atom. The number of aromatic carboxylic acids is 1. The zero-order chi connectivity index (χ0) is 14.8. The SMILES string of the molecule is O=C(O)c1ccc2c(c1)CN(Cc1cccc(Br)c1)CC2. The Kier molecular flexibility index (Phi) is 4.08. The van der Waals surface area contributed by atoms with Gasteiger partial charge in [0.15, 0.2) is 0 Å². The van der Waals surface area contributed by atoms with Gasteiger partial charge in [0.1, 0.15) is 0 Å². The van der Waals surface area contributed by atoms with Gasteiger partial charge in [-0.25, -0.2) is 4.79 Å². The summed E-state index contributed by atoms with van der Waals surface area (Å²) in [5.74, 6) is -0.859. The first-order chi connectivity index (χ1) is 10.1. The molecule has 3 rings (SSSR count). The minimum Gasteiger partial charge on any atom is -0.478 e. The van der Waals surface area contributed by atoms with Crippen LogP contribution in [0.1, 0.15) is 27.0 Å². The fraction of sp³-hybridized carbons (Fsp3) is 0.235. The maximum Gasteiger partial charge on any atom is 0.335 e. The molecule has 1 aliphatic heterocycles. The summed E-state index contributed by atoms with van der Waals surface area (Å²) in [5, 5.41) is 9.10. The first-order valence-electron chi connectivity index (χ1n) is 6.94. The largest absolute Gasteiger partial charge is 0.478 e. The molecule has 3 nitrogen and oxygen atoms in total. The topological polar surface area (TPSA) is 40.5 Å². The maximum atomic E-state index is 11.1. The summed E-state index contributed by atoms with van der Waals surface area (Å²) in [6.45, 7) is 2.70. The van der Waals surface area contributed by atoms with Crippen molar-refractivity contribution in [2.75, 3.05) is 6.54 Å². The molecule has 0 unspecified atom stereocenters. The first kappa shape index (κ1) is 14.3. The molecular weight excluding hydrogens is 330 g/mol. The number of hydrogen-bond acceptors (Lipinski definition) is 2. The van der Waals surface area contributed by atoms with E-state index in [9.17, 15) is 4.79 Å². The van der Waals surface area contributed by atoms with Gasteiger partial charge in [0, 0.05) is 24.1 Å². The maximum absolute atomic E-state index is 11.1. The van der Waals surface area contributed by atoms with Crippen molar-refractivity contribution in [1.29, 1.82) is 0 Å². The van der Waals surface area contributed by atoms with Crippen molar-refractivity contribution >= 4 is 21.9 Å². The Bertz CT molecular complexity index is 684. The quantitative estimate of drug-likeness (QED) is 0.921. The number of carboxylic acids is 1. The highest BCUT2D eigenvalue weighted by atomic mass is 79.9. The van der Waals surface area contributed by atoms with E-state index in [4.69, 9.17) is 5.11 Å². The van der Waals surface area contributed by atoms with Crippen LogP contribution in [0, 0.1) is 0 Å². The summed E-state index contributed by atoms with van der Waals surface area (Å²) >= 11 is 3.49. The van der Waals surface area contributed by atoms with E-state index < -0.39 is 5.97 Å². The highest BCUT2D eigenvalue weighted by molar-refractivity contribution is 9.10. The molecule has 2 aromatic carbocycles. The molecule has 1 aliphatic rings. The van der Waals surface area contributed by atoms with Crippen LogP contribution in [0.15, 0.2) is 46.9 Å². The Morgan fingerprint density at radius 3 is 2.81 bits per heavy atom. The van der Waals surface area contributed by atoms with Gasteiger partial charge in [-0.15, -0.1) is 0 Å². The molecule has 0 saturated heterocycles. The molecule has 0 aromatic heterocycles. The van der Waals surface area contributed by atoms with Crippen molar-refractivity contribution in [1.82, 2.24) is 4.90 Å². The molecule has 108 valence electrons. The van der Waals surface area contributed by atoms with Gasteiger partial charge < -0.3 is 5.11 Å². The fourth-order valence-electron chi connectivity index (χ4n) is 2.78. The van der Waals surface area contributed by atoms with E-state index in [0.29, 0.717) is 5.56 Å². The smallest absolute Gasteiger partial charge is 0.335 e. The Morgan fingerprint density at radius 1 is 1.19 bits per heavy atom. The third-order valence-corrected chi connectivity index (χ3v) is 4.33. The van der Waals surface area contributed by atoms with Crippen molar-refractivity contribution in [2.45, 2.75) is 19.5 Å². The normalized spacial score (nSPS) is 14.7.